The molecule has 47 heavy (non-hydrogen) atoms. The van der Waals surface area contributed by atoms with Gasteiger partial charge in [0.05, 0.1) is 23.7 Å². The second-order valence-electron chi connectivity index (χ2n) is 13.7. The predicted octanol–water partition coefficient (Wildman–Crippen LogP) is 5.82. The van der Waals surface area contributed by atoms with Gasteiger partial charge in [-0.3, -0.25) is 4.79 Å². The highest BCUT2D eigenvalue weighted by Crippen LogP contribution is 2.50. The molecule has 2 amide bonds. The van der Waals surface area contributed by atoms with Gasteiger partial charge in [-0.2, -0.15) is 4.98 Å². The summed E-state index contributed by atoms with van der Waals surface area (Å²) in [6.07, 6.45) is 3.65. The molecule has 2 aromatic carbocycles. The summed E-state index contributed by atoms with van der Waals surface area (Å²) in [6.45, 7) is 9.59. The van der Waals surface area contributed by atoms with Crippen LogP contribution in [0.2, 0.25) is 0 Å². The zero-order chi connectivity index (χ0) is 33.5. The lowest BCUT2D eigenvalue weighted by Gasteiger charge is -2.56. The normalized spacial score (nSPS) is 23.9. The van der Waals surface area contributed by atoms with Gasteiger partial charge in [-0.05, 0) is 86.6 Å². The third-order valence-corrected chi connectivity index (χ3v) is 11.0. The number of carbonyl (C=O) groups is 2. The molecule has 0 unspecified atom stereocenters. The van der Waals surface area contributed by atoms with E-state index in [4.69, 9.17) is 9.47 Å². The molecule has 3 aliphatic rings. The average molecular weight is 662 g/mol. The Morgan fingerprint density at radius 2 is 1.83 bits per heavy atom. The standard InChI is InChI=1S/C35H43N5O6S/c1-22(2)15-26-20-46-30-17-29(31-23(3)9-6-10-24(31)4)36-33(37-30)38-47(43,44)28-12-7-11-25(16-28)32(41)40(26)27-18-35(19-27)13-8-14-39(21-35)34(42)45-5/h6-7,9-12,16-17,22,26-27H,8,13-15,18-21H2,1-5H3,(H,36,37,38)/t26-,27?,35?/m1/s1. The Labute approximate surface area is 276 Å². The summed E-state index contributed by atoms with van der Waals surface area (Å²) in [5.74, 6) is 0.105. The highest BCUT2D eigenvalue weighted by Gasteiger charge is 2.51. The van der Waals surface area contributed by atoms with Crippen LogP contribution in [0.1, 0.15) is 67.4 Å². The van der Waals surface area contributed by atoms with E-state index < -0.39 is 10.0 Å². The number of fused-ring (bicyclic) bond motifs is 4. The van der Waals surface area contributed by atoms with Gasteiger partial charge >= 0.3 is 6.09 Å². The number of nitrogens with zero attached hydrogens (tertiary/aromatic N) is 4. The van der Waals surface area contributed by atoms with Crippen molar-refractivity contribution in [3.63, 3.8) is 0 Å². The summed E-state index contributed by atoms with van der Waals surface area (Å²) < 4.78 is 41.3. The number of carbonyl (C=O) groups excluding carboxylic acids is 2. The third-order valence-electron chi connectivity index (χ3n) is 9.68. The fourth-order valence-corrected chi connectivity index (χ4v) is 8.58. The van der Waals surface area contributed by atoms with E-state index in [2.05, 4.69) is 28.5 Å². The Morgan fingerprint density at radius 1 is 1.11 bits per heavy atom. The quantitative estimate of drug-likeness (QED) is 0.370. The zero-order valence-electron chi connectivity index (χ0n) is 27.7. The molecule has 3 aromatic rings. The van der Waals surface area contributed by atoms with Crippen LogP contribution in [-0.2, 0) is 14.8 Å². The first kappa shape index (κ1) is 32.7. The number of piperidine rings is 1. The minimum Gasteiger partial charge on any atom is -0.475 e. The first-order chi connectivity index (χ1) is 22.4. The van der Waals surface area contributed by atoms with Gasteiger partial charge < -0.3 is 19.3 Å². The number of aromatic nitrogens is 2. The lowest BCUT2D eigenvalue weighted by molar-refractivity contribution is -0.0553. The number of aryl methyl sites for hydroxylation is 2. The van der Waals surface area contributed by atoms with Crippen LogP contribution in [0, 0.1) is 25.2 Å². The SMILES string of the molecule is COC(=O)N1CCCC2(CC(N3C(=O)c4cccc(c4)S(=O)(=O)Nc4nc(cc(-c5c(C)cccc5C)n4)OC[C@H]3CC(C)C)C2)C1. The molecule has 2 aliphatic heterocycles. The summed E-state index contributed by atoms with van der Waals surface area (Å²) >= 11 is 0. The van der Waals surface area contributed by atoms with Gasteiger partial charge in [0.15, 0.2) is 0 Å². The van der Waals surface area contributed by atoms with Crippen LogP contribution < -0.4 is 9.46 Å². The minimum atomic E-state index is -4.15. The second-order valence-corrected chi connectivity index (χ2v) is 15.4. The summed E-state index contributed by atoms with van der Waals surface area (Å²) in [4.78, 5) is 39.6. The van der Waals surface area contributed by atoms with Gasteiger partial charge in [-0.1, -0.05) is 38.1 Å². The van der Waals surface area contributed by atoms with E-state index in [-0.39, 0.29) is 64.3 Å². The molecule has 250 valence electrons. The van der Waals surface area contributed by atoms with Crippen molar-refractivity contribution >= 4 is 28.0 Å². The summed E-state index contributed by atoms with van der Waals surface area (Å²) in [5.41, 5.74) is 3.56. The molecule has 1 N–H and O–H groups in total. The molecule has 2 fully saturated rings. The number of hydrogen-bond acceptors (Lipinski definition) is 8. The number of ether oxygens (including phenoxy) is 2. The number of anilines is 1. The second kappa shape index (κ2) is 12.8. The number of nitrogens with one attached hydrogen (secondary N) is 1. The van der Waals surface area contributed by atoms with Crippen molar-refractivity contribution in [1.29, 1.82) is 0 Å². The fraction of sp³-hybridized carbons (Fsp3) is 0.486. The minimum absolute atomic E-state index is 0.0578. The van der Waals surface area contributed by atoms with Crippen LogP contribution in [0.25, 0.3) is 11.3 Å². The monoisotopic (exact) mass is 661 g/mol. The molecule has 4 bridgehead atoms. The summed E-state index contributed by atoms with van der Waals surface area (Å²) in [5, 5.41) is 0. The maximum Gasteiger partial charge on any atom is 0.409 e. The van der Waals surface area contributed by atoms with Gasteiger partial charge in [-0.15, -0.1) is 0 Å². The van der Waals surface area contributed by atoms with Gasteiger partial charge in [0, 0.05) is 36.3 Å². The van der Waals surface area contributed by atoms with Crippen molar-refractivity contribution in [1.82, 2.24) is 19.8 Å². The Bertz CT molecular complexity index is 1770. The molecule has 3 heterocycles. The van der Waals surface area contributed by atoms with Crippen LogP contribution >= 0.6 is 0 Å². The van der Waals surface area contributed by atoms with E-state index in [1.807, 2.05) is 36.9 Å². The van der Waals surface area contributed by atoms with E-state index in [0.717, 1.165) is 42.4 Å². The third kappa shape index (κ3) is 6.65. The molecule has 1 aliphatic carbocycles. The van der Waals surface area contributed by atoms with E-state index >= 15 is 0 Å². The number of hydrogen-bond donors (Lipinski definition) is 1. The molecule has 1 saturated heterocycles. The first-order valence-electron chi connectivity index (χ1n) is 16.2. The van der Waals surface area contributed by atoms with Crippen LogP contribution in [0.5, 0.6) is 5.88 Å². The average Bonchev–Trinajstić information content (AvgIpc) is 3.01. The van der Waals surface area contributed by atoms with Crippen LogP contribution in [0.3, 0.4) is 0 Å². The molecule has 12 heteroatoms. The highest BCUT2D eigenvalue weighted by atomic mass is 32.2. The van der Waals surface area contributed by atoms with Gasteiger partial charge in [0.2, 0.25) is 11.8 Å². The largest absolute Gasteiger partial charge is 0.475 e. The molecule has 1 spiro atoms. The molecule has 6 rings (SSSR count). The molecular weight excluding hydrogens is 618 g/mol. The van der Waals surface area contributed by atoms with Crippen molar-refractivity contribution < 1.29 is 27.5 Å². The first-order valence-corrected chi connectivity index (χ1v) is 17.7. The smallest absolute Gasteiger partial charge is 0.409 e. The van der Waals surface area contributed by atoms with Crippen molar-refractivity contribution in [3.05, 3.63) is 65.2 Å². The van der Waals surface area contributed by atoms with Crippen molar-refractivity contribution in [2.24, 2.45) is 11.3 Å². The Morgan fingerprint density at radius 3 is 2.53 bits per heavy atom. The molecular formula is C35H43N5O6S. The van der Waals surface area contributed by atoms with Crippen molar-refractivity contribution in [2.45, 2.75) is 76.8 Å². The van der Waals surface area contributed by atoms with E-state index in [1.165, 1.54) is 19.2 Å². The number of likely N-dealkylation sites (tertiary alicyclic amines) is 1. The van der Waals surface area contributed by atoms with E-state index in [9.17, 15) is 18.0 Å². The van der Waals surface area contributed by atoms with Crippen LogP contribution in [-0.4, -0.2) is 79.1 Å². The fourth-order valence-electron chi connectivity index (χ4n) is 7.60. The lowest BCUT2D eigenvalue weighted by Crippen LogP contribution is -2.62. The van der Waals surface area contributed by atoms with Gasteiger partial charge in [0.1, 0.15) is 6.61 Å². The van der Waals surface area contributed by atoms with Gasteiger partial charge in [0.25, 0.3) is 15.9 Å². The van der Waals surface area contributed by atoms with E-state index in [1.54, 1.807) is 23.1 Å². The highest BCUT2D eigenvalue weighted by molar-refractivity contribution is 7.92. The Balaban J connectivity index is 1.41. The van der Waals surface area contributed by atoms with Crippen molar-refractivity contribution in [2.75, 3.05) is 31.5 Å². The predicted molar refractivity (Wildman–Crippen MR) is 178 cm³/mol. The number of amides is 2. The van der Waals surface area contributed by atoms with Crippen LogP contribution in [0.15, 0.2) is 53.4 Å². The van der Waals surface area contributed by atoms with E-state index in [0.29, 0.717) is 25.2 Å². The molecule has 1 atom stereocenters. The molecule has 1 aromatic heterocycles. The van der Waals surface area contributed by atoms with Gasteiger partial charge in [-0.25, -0.2) is 22.9 Å². The maximum absolute atomic E-state index is 14.5. The zero-order valence-corrected chi connectivity index (χ0v) is 28.5. The number of sulfonamides is 1. The topological polar surface area (TPSA) is 131 Å². The molecule has 0 radical (unpaired) electrons. The number of rotatable bonds is 4. The Kier molecular flexibility index (Phi) is 8.90. The number of methoxy groups -OCH3 is 1. The number of benzene rings is 2. The van der Waals surface area contributed by atoms with Crippen LogP contribution in [0.4, 0.5) is 10.7 Å². The van der Waals surface area contributed by atoms with Crippen molar-refractivity contribution in [3.8, 4) is 17.1 Å². The Hall–Kier alpha value is -4.19. The summed E-state index contributed by atoms with van der Waals surface area (Å²) in [6, 6.07) is 13.4. The lowest BCUT2D eigenvalue weighted by atomic mass is 9.60. The molecule has 11 nitrogen and oxygen atoms in total. The summed E-state index contributed by atoms with van der Waals surface area (Å²) in [7, 11) is -2.75. The molecule has 1 saturated carbocycles. The maximum atomic E-state index is 14.5.